The summed E-state index contributed by atoms with van der Waals surface area (Å²) in [5.74, 6) is 0.487. The highest BCUT2D eigenvalue weighted by Gasteiger charge is 2.28. The summed E-state index contributed by atoms with van der Waals surface area (Å²) in [5, 5.41) is 0. The first-order chi connectivity index (χ1) is 12.7. The van der Waals surface area contributed by atoms with E-state index in [1.54, 1.807) is 0 Å². The summed E-state index contributed by atoms with van der Waals surface area (Å²) < 4.78 is 11.3. The van der Waals surface area contributed by atoms with Crippen molar-refractivity contribution < 1.29 is 19.1 Å². The molecule has 1 aliphatic rings. The van der Waals surface area contributed by atoms with Gasteiger partial charge in [0.05, 0.1) is 0 Å². The Balaban J connectivity index is 2.27. The number of rotatable bonds is 8. The van der Waals surface area contributed by atoms with Crippen LogP contribution in [0.5, 0.6) is 0 Å². The first-order valence-electron chi connectivity index (χ1n) is 11.1. The Morgan fingerprint density at radius 3 is 1.25 bits per heavy atom. The summed E-state index contributed by atoms with van der Waals surface area (Å²) in [6.45, 7) is 17.4. The molecule has 1 rings (SSSR count). The van der Waals surface area contributed by atoms with E-state index in [0.29, 0.717) is 24.7 Å². The van der Waals surface area contributed by atoms with Gasteiger partial charge in [0.2, 0.25) is 0 Å². The third-order valence-electron chi connectivity index (χ3n) is 5.17. The van der Waals surface area contributed by atoms with E-state index in [0.717, 1.165) is 38.5 Å². The van der Waals surface area contributed by atoms with E-state index in [1.165, 1.54) is 0 Å². The molecule has 164 valence electrons. The van der Waals surface area contributed by atoms with Crippen LogP contribution in [0.15, 0.2) is 0 Å². The van der Waals surface area contributed by atoms with Gasteiger partial charge in [0.1, 0.15) is 12.2 Å². The quantitative estimate of drug-likeness (QED) is 0.451. The summed E-state index contributed by atoms with van der Waals surface area (Å²) in [4.78, 5) is 24.4. The molecule has 4 nitrogen and oxygen atoms in total. The molecule has 0 saturated heterocycles. The van der Waals surface area contributed by atoms with Crippen molar-refractivity contribution in [3.05, 3.63) is 0 Å². The van der Waals surface area contributed by atoms with E-state index < -0.39 is 0 Å². The third-order valence-corrected chi connectivity index (χ3v) is 5.17. The smallest absolute Gasteiger partial charge is 0.306 e. The highest BCUT2D eigenvalue weighted by Crippen LogP contribution is 2.29. The average molecular weight is 397 g/mol. The third kappa shape index (κ3) is 11.7. The molecule has 0 bridgehead atoms. The average Bonchev–Trinajstić information content (AvgIpc) is 2.44. The molecule has 0 radical (unpaired) electrons. The molecule has 4 heteroatoms. The topological polar surface area (TPSA) is 52.6 Å². The summed E-state index contributed by atoms with van der Waals surface area (Å²) in [7, 11) is 0. The Morgan fingerprint density at radius 1 is 0.714 bits per heavy atom. The maximum Gasteiger partial charge on any atom is 0.306 e. The Morgan fingerprint density at radius 2 is 1.00 bits per heavy atom. The lowest BCUT2D eigenvalue weighted by molar-refractivity contribution is -0.159. The Kier molecular flexibility index (Phi) is 9.49. The zero-order valence-electron chi connectivity index (χ0n) is 19.6. The first kappa shape index (κ1) is 25.0. The molecule has 0 N–H and O–H groups in total. The van der Waals surface area contributed by atoms with Crippen molar-refractivity contribution in [2.45, 2.75) is 119 Å². The molecule has 0 spiro atoms. The van der Waals surface area contributed by atoms with Crippen LogP contribution in [0.4, 0.5) is 0 Å². The van der Waals surface area contributed by atoms with Gasteiger partial charge >= 0.3 is 11.9 Å². The van der Waals surface area contributed by atoms with Gasteiger partial charge in [0.25, 0.3) is 0 Å². The monoisotopic (exact) mass is 396 g/mol. The maximum atomic E-state index is 12.2. The molecule has 28 heavy (non-hydrogen) atoms. The van der Waals surface area contributed by atoms with Crippen LogP contribution >= 0.6 is 0 Å². The van der Waals surface area contributed by atoms with E-state index in [-0.39, 0.29) is 35.0 Å². The SMILES string of the molecule is CC(CC(=O)OC1CCC(OC(=O)CC(C)CC(C)(C)C)CC1)CC(C)(C)C. The lowest BCUT2D eigenvalue weighted by Gasteiger charge is -2.29. The standard InChI is InChI=1S/C24H44O4/c1-17(15-23(3,4)5)13-21(25)27-19-9-11-20(12-10-19)28-22(26)14-18(2)16-24(6,7)8/h17-20H,9-16H2,1-8H3. The normalized spacial score (nSPS) is 23.0. The predicted molar refractivity (Wildman–Crippen MR) is 114 cm³/mol. The van der Waals surface area contributed by atoms with Gasteiger partial charge in [-0.05, 0) is 61.2 Å². The second-order valence-electron chi connectivity index (χ2n) is 11.5. The van der Waals surface area contributed by atoms with Gasteiger partial charge in [-0.3, -0.25) is 9.59 Å². The molecule has 0 aromatic carbocycles. The Labute approximate surface area is 173 Å². The van der Waals surface area contributed by atoms with E-state index in [4.69, 9.17) is 9.47 Å². The fraction of sp³-hybridized carbons (Fsp3) is 0.917. The highest BCUT2D eigenvalue weighted by molar-refractivity contribution is 5.70. The Bertz CT molecular complexity index is 444. The van der Waals surface area contributed by atoms with Crippen molar-refractivity contribution in [2.75, 3.05) is 0 Å². The summed E-state index contributed by atoms with van der Waals surface area (Å²) in [5.41, 5.74) is 0.456. The van der Waals surface area contributed by atoms with Gasteiger partial charge < -0.3 is 9.47 Å². The highest BCUT2D eigenvalue weighted by atomic mass is 16.6. The van der Waals surface area contributed by atoms with Crippen LogP contribution in [0.25, 0.3) is 0 Å². The fourth-order valence-corrected chi connectivity index (χ4v) is 4.54. The lowest BCUT2D eigenvalue weighted by Crippen LogP contribution is -2.30. The van der Waals surface area contributed by atoms with Crippen molar-refractivity contribution in [3.63, 3.8) is 0 Å². The number of hydrogen-bond donors (Lipinski definition) is 0. The van der Waals surface area contributed by atoms with E-state index in [2.05, 4.69) is 55.4 Å². The van der Waals surface area contributed by atoms with Gasteiger partial charge in [0, 0.05) is 12.8 Å². The van der Waals surface area contributed by atoms with Gasteiger partial charge in [-0.25, -0.2) is 0 Å². The number of esters is 2. The second-order valence-corrected chi connectivity index (χ2v) is 11.5. The van der Waals surface area contributed by atoms with Crippen LogP contribution in [-0.4, -0.2) is 24.1 Å². The van der Waals surface area contributed by atoms with Crippen molar-refractivity contribution in [1.29, 1.82) is 0 Å². The van der Waals surface area contributed by atoms with Gasteiger partial charge in [0.15, 0.2) is 0 Å². The van der Waals surface area contributed by atoms with Crippen molar-refractivity contribution >= 4 is 11.9 Å². The molecule has 0 aromatic rings. The molecule has 2 atom stereocenters. The van der Waals surface area contributed by atoms with Crippen LogP contribution < -0.4 is 0 Å². The summed E-state index contributed by atoms with van der Waals surface area (Å²) >= 11 is 0. The van der Waals surface area contributed by atoms with Crippen LogP contribution in [-0.2, 0) is 19.1 Å². The minimum absolute atomic E-state index is 0.0240. The summed E-state index contributed by atoms with van der Waals surface area (Å²) in [6.07, 6.45) is 6.09. The lowest BCUT2D eigenvalue weighted by atomic mass is 9.84. The van der Waals surface area contributed by atoms with E-state index in [9.17, 15) is 9.59 Å². The molecular weight excluding hydrogens is 352 g/mol. The molecule has 2 unspecified atom stereocenters. The molecule has 0 aliphatic heterocycles. The number of ether oxygens (including phenoxy) is 2. The van der Waals surface area contributed by atoms with Crippen LogP contribution in [0, 0.1) is 22.7 Å². The zero-order chi connectivity index (χ0) is 21.5. The number of carbonyl (C=O) groups excluding carboxylic acids is 2. The maximum absolute atomic E-state index is 12.2. The summed E-state index contributed by atoms with van der Waals surface area (Å²) in [6, 6.07) is 0. The van der Waals surface area contributed by atoms with Gasteiger partial charge in [-0.15, -0.1) is 0 Å². The number of carbonyl (C=O) groups is 2. The van der Waals surface area contributed by atoms with Crippen molar-refractivity contribution in [2.24, 2.45) is 22.7 Å². The molecule has 1 saturated carbocycles. The van der Waals surface area contributed by atoms with E-state index in [1.807, 2.05) is 0 Å². The Hall–Kier alpha value is -1.06. The largest absolute Gasteiger partial charge is 0.462 e. The zero-order valence-corrected chi connectivity index (χ0v) is 19.6. The molecule has 1 aliphatic carbocycles. The van der Waals surface area contributed by atoms with Crippen LogP contribution in [0.2, 0.25) is 0 Å². The minimum atomic E-state index is -0.0896. The van der Waals surface area contributed by atoms with Crippen LogP contribution in [0.1, 0.15) is 107 Å². The van der Waals surface area contributed by atoms with Gasteiger partial charge in [-0.1, -0.05) is 55.4 Å². The predicted octanol–water partition coefficient (Wildman–Crippen LogP) is 6.31. The van der Waals surface area contributed by atoms with Crippen molar-refractivity contribution in [1.82, 2.24) is 0 Å². The molecule has 0 amide bonds. The molecular formula is C24H44O4. The van der Waals surface area contributed by atoms with Crippen LogP contribution in [0.3, 0.4) is 0 Å². The van der Waals surface area contributed by atoms with Crippen molar-refractivity contribution in [3.8, 4) is 0 Å². The molecule has 0 aromatic heterocycles. The number of hydrogen-bond acceptors (Lipinski definition) is 4. The first-order valence-corrected chi connectivity index (χ1v) is 11.1. The fourth-order valence-electron chi connectivity index (χ4n) is 4.54. The molecule has 1 fully saturated rings. The van der Waals surface area contributed by atoms with E-state index >= 15 is 0 Å². The molecule has 0 heterocycles. The second kappa shape index (κ2) is 10.6. The van der Waals surface area contributed by atoms with Gasteiger partial charge in [-0.2, -0.15) is 0 Å². The minimum Gasteiger partial charge on any atom is -0.462 e.